The Morgan fingerprint density at radius 1 is 0.385 bits per heavy atom. The summed E-state index contributed by atoms with van der Waals surface area (Å²) in [5.41, 5.74) is 4.12. The molecule has 8 heteroatoms. The molecule has 0 aliphatic rings. The predicted molar refractivity (Wildman–Crippen MR) is 277 cm³/mol. The van der Waals surface area contributed by atoms with Crippen LogP contribution in [0.25, 0.3) is 0 Å². The van der Waals surface area contributed by atoms with Crippen molar-refractivity contribution in [1.82, 2.24) is 4.90 Å². The Balaban J connectivity index is 1.22. The van der Waals surface area contributed by atoms with Gasteiger partial charge < -0.3 is 10.2 Å². The molecule has 9 aromatic carbocycles. The fourth-order valence-corrected chi connectivity index (χ4v) is 15.5. The Labute approximate surface area is 387 Å². The summed E-state index contributed by atoms with van der Waals surface area (Å²) in [4.78, 5) is 16.7. The number of halogens is 1. The molecule has 2 amide bonds. The lowest BCUT2D eigenvalue weighted by molar-refractivity contribution is 0.206. The van der Waals surface area contributed by atoms with Gasteiger partial charge in [0, 0.05) is 55.6 Å². The van der Waals surface area contributed by atoms with Crippen LogP contribution in [0.15, 0.2) is 264 Å². The number of amides is 2. The Hall–Kier alpha value is -7.00. The van der Waals surface area contributed by atoms with E-state index in [-0.39, 0.29) is 19.1 Å². The molecule has 0 saturated heterocycles. The smallest absolute Gasteiger partial charge is 0.316 e. The van der Waals surface area contributed by atoms with Crippen molar-refractivity contribution in [3.05, 3.63) is 271 Å². The number of urea groups is 1. The maximum absolute atomic E-state index is 14.9. The second-order valence-electron chi connectivity index (χ2n) is 15.5. The molecule has 318 valence electrons. The molecule has 9 aromatic rings. The van der Waals surface area contributed by atoms with Gasteiger partial charge in [0.15, 0.2) is 0 Å². The van der Waals surface area contributed by atoms with Crippen molar-refractivity contribution in [1.29, 1.82) is 0 Å². The summed E-state index contributed by atoms with van der Waals surface area (Å²) < 4.78 is 11.8. The largest absolute Gasteiger partial charge is 0.322 e. The Bertz CT molecular complexity index is 2710. The van der Waals surface area contributed by atoms with Gasteiger partial charge >= 0.3 is 6.03 Å². The lowest BCUT2D eigenvalue weighted by Crippen LogP contribution is -2.34. The first-order valence-electron chi connectivity index (χ1n) is 21.6. The molecule has 0 spiro atoms. The third-order valence-corrected chi connectivity index (χ3v) is 18.9. The van der Waals surface area contributed by atoms with E-state index in [1.54, 1.807) is 12.1 Å². The standard InChI is InChI=1S/C57H47ClN4OP2/c58-47-39-41-48(42-40-47)59-57(63)62(43-45-23-19-21-37-55(45)60-64(49-25-7-1-8-26-49,50-27-9-2-10-28-50)51-29-11-3-12-30-51)44-46-24-20-22-38-56(46)61-65(52-31-13-4-14-32-52,53-33-15-5-16-34-53)54-35-17-6-18-36-54/h1-42H,43-44H2,(H,59,63). The molecule has 5 nitrogen and oxygen atoms in total. The number of anilines is 1. The van der Waals surface area contributed by atoms with E-state index >= 15 is 0 Å². The second-order valence-corrected chi connectivity index (χ2v) is 22.0. The number of benzene rings is 9. The number of rotatable bonds is 13. The molecule has 0 aromatic heterocycles. The van der Waals surface area contributed by atoms with Crippen LogP contribution in [0.1, 0.15) is 11.1 Å². The van der Waals surface area contributed by atoms with E-state index in [1.165, 1.54) is 0 Å². The third-order valence-electron chi connectivity index (χ3n) is 11.4. The number of carbonyl (C=O) groups is 1. The van der Waals surface area contributed by atoms with Crippen molar-refractivity contribution in [2.75, 3.05) is 5.32 Å². The van der Waals surface area contributed by atoms with Crippen LogP contribution in [0.4, 0.5) is 21.9 Å². The summed E-state index contributed by atoms with van der Waals surface area (Å²) in [5, 5.41) is 10.6. The van der Waals surface area contributed by atoms with Crippen LogP contribution in [-0.2, 0) is 13.1 Å². The van der Waals surface area contributed by atoms with Gasteiger partial charge in [-0.25, -0.2) is 4.79 Å². The fourth-order valence-electron chi connectivity index (χ4n) is 8.26. The molecule has 0 aliphatic carbocycles. The first-order valence-corrected chi connectivity index (χ1v) is 25.4. The molecule has 0 aliphatic heterocycles. The van der Waals surface area contributed by atoms with Crippen LogP contribution in [0.5, 0.6) is 0 Å². The van der Waals surface area contributed by atoms with Gasteiger partial charge in [0.25, 0.3) is 0 Å². The van der Waals surface area contributed by atoms with E-state index in [2.05, 4.69) is 212 Å². The fraction of sp³-hybridized carbons (Fsp3) is 0.0351. The minimum Gasteiger partial charge on any atom is -0.316 e. The van der Waals surface area contributed by atoms with Gasteiger partial charge in [0.2, 0.25) is 0 Å². The van der Waals surface area contributed by atoms with Crippen molar-refractivity contribution in [2.24, 2.45) is 9.49 Å². The van der Waals surface area contributed by atoms with Crippen LogP contribution in [-0.4, -0.2) is 10.9 Å². The van der Waals surface area contributed by atoms with Gasteiger partial charge in [-0.1, -0.05) is 230 Å². The molecule has 0 saturated carbocycles. The molecular weight excluding hydrogens is 854 g/mol. The highest BCUT2D eigenvalue weighted by molar-refractivity contribution is 7.88. The van der Waals surface area contributed by atoms with Crippen LogP contribution in [0.2, 0.25) is 5.02 Å². The topological polar surface area (TPSA) is 57.1 Å². The van der Waals surface area contributed by atoms with Crippen molar-refractivity contribution in [3.8, 4) is 0 Å². The van der Waals surface area contributed by atoms with Crippen LogP contribution >= 0.6 is 25.7 Å². The second kappa shape index (κ2) is 20.2. The molecule has 0 atom stereocenters. The zero-order chi connectivity index (χ0) is 44.3. The maximum Gasteiger partial charge on any atom is 0.322 e. The minimum atomic E-state index is -2.63. The molecule has 0 fully saturated rings. The van der Waals surface area contributed by atoms with E-state index in [0.29, 0.717) is 10.7 Å². The zero-order valence-corrected chi connectivity index (χ0v) is 38.2. The minimum absolute atomic E-state index is 0.262. The summed E-state index contributed by atoms with van der Waals surface area (Å²) in [5.74, 6) is 0. The van der Waals surface area contributed by atoms with Crippen molar-refractivity contribution in [3.63, 3.8) is 0 Å². The van der Waals surface area contributed by atoms with Gasteiger partial charge in [-0.2, -0.15) is 0 Å². The number of nitrogens with one attached hydrogen (secondary N) is 1. The van der Waals surface area contributed by atoms with Gasteiger partial charge in [0.05, 0.1) is 25.5 Å². The highest BCUT2D eigenvalue weighted by Crippen LogP contribution is 2.51. The quantitative estimate of drug-likeness (QED) is 0.115. The normalized spacial score (nSPS) is 11.3. The van der Waals surface area contributed by atoms with E-state index in [4.69, 9.17) is 21.1 Å². The summed E-state index contributed by atoms with van der Waals surface area (Å²) in [6.07, 6.45) is 0. The summed E-state index contributed by atoms with van der Waals surface area (Å²) in [6, 6.07) is 87.1. The maximum atomic E-state index is 14.9. The first kappa shape index (κ1) is 43.3. The van der Waals surface area contributed by atoms with E-state index in [0.717, 1.165) is 54.3 Å². The Morgan fingerprint density at radius 3 is 0.969 bits per heavy atom. The van der Waals surface area contributed by atoms with E-state index in [9.17, 15) is 4.79 Å². The van der Waals surface area contributed by atoms with E-state index in [1.807, 2.05) is 41.3 Å². The lowest BCUT2D eigenvalue weighted by atomic mass is 10.1. The highest BCUT2D eigenvalue weighted by Gasteiger charge is 2.30. The highest BCUT2D eigenvalue weighted by atomic mass is 35.5. The average molecular weight is 901 g/mol. The van der Waals surface area contributed by atoms with Crippen molar-refractivity contribution in [2.45, 2.75) is 13.1 Å². The van der Waals surface area contributed by atoms with Crippen LogP contribution < -0.4 is 37.1 Å². The molecular formula is C57H47ClN4OP2. The van der Waals surface area contributed by atoms with Crippen LogP contribution in [0.3, 0.4) is 0 Å². The molecule has 65 heavy (non-hydrogen) atoms. The average Bonchev–Trinajstić information content (AvgIpc) is 3.38. The number of nitrogens with zero attached hydrogens (tertiary/aromatic N) is 3. The summed E-state index contributed by atoms with van der Waals surface area (Å²) in [6.45, 7) is 0.532. The summed E-state index contributed by atoms with van der Waals surface area (Å²) in [7, 11) is -5.26. The van der Waals surface area contributed by atoms with E-state index < -0.39 is 14.1 Å². The van der Waals surface area contributed by atoms with Gasteiger partial charge in [-0.15, -0.1) is 0 Å². The molecule has 0 radical (unpaired) electrons. The van der Waals surface area contributed by atoms with Gasteiger partial charge in [-0.05, 0) is 47.5 Å². The third kappa shape index (κ3) is 9.46. The summed E-state index contributed by atoms with van der Waals surface area (Å²) >= 11 is 6.29. The predicted octanol–water partition coefficient (Wildman–Crippen LogP) is 13.2. The SMILES string of the molecule is O=C(Nc1ccc(Cl)cc1)N(Cc1ccccc1N=P(c1ccccc1)(c1ccccc1)c1ccccc1)Cc1ccccc1N=P(c1ccccc1)(c1ccccc1)c1ccccc1. The monoisotopic (exact) mass is 900 g/mol. The molecule has 0 heterocycles. The zero-order valence-electron chi connectivity index (χ0n) is 35.7. The van der Waals surface area contributed by atoms with Crippen molar-refractivity contribution >= 4 is 80.6 Å². The Morgan fingerprint density at radius 2 is 0.662 bits per heavy atom. The molecule has 1 N–H and O–H groups in total. The molecule has 0 bridgehead atoms. The van der Waals surface area contributed by atoms with Crippen molar-refractivity contribution < 1.29 is 4.79 Å². The lowest BCUT2D eigenvalue weighted by Gasteiger charge is -2.29. The Kier molecular flexibility index (Phi) is 13.5. The first-order chi connectivity index (χ1) is 32.0. The number of carbonyl (C=O) groups excluding carboxylic acids is 1. The molecule has 0 unspecified atom stereocenters. The van der Waals surface area contributed by atoms with Gasteiger partial charge in [-0.3, -0.25) is 9.49 Å². The molecule has 9 rings (SSSR count). The number of hydrogen-bond donors (Lipinski definition) is 1. The number of hydrogen-bond acceptors (Lipinski definition) is 3. The van der Waals surface area contributed by atoms with Gasteiger partial charge in [0.1, 0.15) is 0 Å². The van der Waals surface area contributed by atoms with Crippen LogP contribution in [0, 0.1) is 0 Å².